The van der Waals surface area contributed by atoms with E-state index in [2.05, 4.69) is 26.6 Å². The highest BCUT2D eigenvalue weighted by Gasteiger charge is 2.54. The standard InChI is InChI=1S/C17H17BrN2O4/c1-7-13(18)9-3-8(4-10(15(9)24-7)17(22)19-2)16(21)20-14-11-5-23-6-12(11)14/h3-4,11-12,14H,5-6H2,1-2H3,(H,19,22)(H,20,21)/t11-,12+,14+. The molecule has 0 bridgehead atoms. The summed E-state index contributed by atoms with van der Waals surface area (Å²) in [6.07, 6.45) is 0. The number of carbonyl (C=O) groups excluding carboxylic acids is 2. The normalized spacial score (nSPS) is 24.7. The zero-order valence-electron chi connectivity index (χ0n) is 13.3. The van der Waals surface area contributed by atoms with E-state index in [1.54, 1.807) is 19.2 Å². The minimum atomic E-state index is -0.285. The molecule has 0 unspecified atom stereocenters. The average Bonchev–Trinajstić information content (AvgIpc) is 2.92. The number of hydrogen-bond acceptors (Lipinski definition) is 4. The summed E-state index contributed by atoms with van der Waals surface area (Å²) >= 11 is 3.47. The van der Waals surface area contributed by atoms with E-state index in [4.69, 9.17) is 9.15 Å². The molecule has 2 amide bonds. The lowest BCUT2D eigenvalue weighted by atomic mass is 10.1. The molecule has 1 saturated carbocycles. The van der Waals surface area contributed by atoms with E-state index >= 15 is 0 Å². The molecule has 0 radical (unpaired) electrons. The molecular weight excluding hydrogens is 376 g/mol. The first kappa shape index (κ1) is 15.7. The molecule has 1 aliphatic carbocycles. The number of halogens is 1. The van der Waals surface area contributed by atoms with Crippen LogP contribution in [0.4, 0.5) is 0 Å². The zero-order valence-corrected chi connectivity index (χ0v) is 14.9. The number of ether oxygens (including phenoxy) is 1. The van der Waals surface area contributed by atoms with Gasteiger partial charge < -0.3 is 19.8 Å². The van der Waals surface area contributed by atoms with Crippen LogP contribution in [-0.2, 0) is 4.74 Å². The van der Waals surface area contributed by atoms with E-state index in [1.165, 1.54) is 0 Å². The Morgan fingerprint density at radius 1 is 1.21 bits per heavy atom. The van der Waals surface area contributed by atoms with Crippen LogP contribution < -0.4 is 10.6 Å². The van der Waals surface area contributed by atoms with E-state index in [-0.39, 0.29) is 17.9 Å². The van der Waals surface area contributed by atoms with Crippen LogP contribution in [0.2, 0.25) is 0 Å². The van der Waals surface area contributed by atoms with Crippen LogP contribution >= 0.6 is 15.9 Å². The van der Waals surface area contributed by atoms with Gasteiger partial charge in [-0.15, -0.1) is 0 Å². The third kappa shape index (κ3) is 2.34. The predicted molar refractivity (Wildman–Crippen MR) is 91.1 cm³/mol. The number of carbonyl (C=O) groups is 2. The SMILES string of the molecule is CNC(=O)c1cc(C(=O)N[C@H]2[C@@H]3COC[C@@H]32)cc2c(Br)c(C)oc12. The second-order valence-corrected chi connectivity index (χ2v) is 7.11. The fraction of sp³-hybridized carbons (Fsp3) is 0.412. The quantitative estimate of drug-likeness (QED) is 0.838. The molecular formula is C17H17BrN2O4. The minimum Gasteiger partial charge on any atom is -0.459 e. The van der Waals surface area contributed by atoms with E-state index < -0.39 is 0 Å². The van der Waals surface area contributed by atoms with Crippen molar-refractivity contribution in [2.75, 3.05) is 20.3 Å². The van der Waals surface area contributed by atoms with Crippen molar-refractivity contribution in [1.82, 2.24) is 10.6 Å². The predicted octanol–water partition coefficient (Wildman–Crippen LogP) is 2.24. The lowest BCUT2D eigenvalue weighted by Crippen LogP contribution is -2.30. The lowest BCUT2D eigenvalue weighted by Gasteiger charge is -2.09. The van der Waals surface area contributed by atoms with Crippen LogP contribution in [0.15, 0.2) is 21.0 Å². The van der Waals surface area contributed by atoms with Gasteiger partial charge in [0.25, 0.3) is 11.8 Å². The monoisotopic (exact) mass is 392 g/mol. The van der Waals surface area contributed by atoms with Crippen molar-refractivity contribution in [1.29, 1.82) is 0 Å². The Kier molecular flexibility index (Phi) is 3.65. The van der Waals surface area contributed by atoms with E-state index in [0.717, 1.165) is 9.86 Å². The molecule has 2 aromatic rings. The van der Waals surface area contributed by atoms with Gasteiger partial charge in [0, 0.05) is 35.9 Å². The maximum absolute atomic E-state index is 12.6. The third-order valence-corrected chi connectivity index (χ3v) is 5.86. The summed E-state index contributed by atoms with van der Waals surface area (Å²) in [5.74, 6) is 1.07. The summed E-state index contributed by atoms with van der Waals surface area (Å²) in [6.45, 7) is 3.23. The van der Waals surface area contributed by atoms with E-state index in [9.17, 15) is 9.59 Å². The molecule has 7 heteroatoms. The fourth-order valence-corrected chi connectivity index (χ4v) is 3.79. The highest BCUT2D eigenvalue weighted by Crippen LogP contribution is 2.44. The van der Waals surface area contributed by atoms with Crippen molar-refractivity contribution in [2.24, 2.45) is 11.8 Å². The smallest absolute Gasteiger partial charge is 0.254 e. The first-order chi connectivity index (χ1) is 11.5. The average molecular weight is 393 g/mol. The van der Waals surface area contributed by atoms with Crippen molar-refractivity contribution >= 4 is 38.7 Å². The van der Waals surface area contributed by atoms with Crippen molar-refractivity contribution in [3.05, 3.63) is 33.5 Å². The van der Waals surface area contributed by atoms with Crippen LogP contribution in [0.5, 0.6) is 0 Å². The highest BCUT2D eigenvalue weighted by atomic mass is 79.9. The number of aryl methyl sites for hydroxylation is 1. The van der Waals surface area contributed by atoms with Crippen molar-refractivity contribution in [3.63, 3.8) is 0 Å². The van der Waals surface area contributed by atoms with Gasteiger partial charge in [0.15, 0.2) is 0 Å². The first-order valence-electron chi connectivity index (χ1n) is 7.84. The van der Waals surface area contributed by atoms with Gasteiger partial charge in [-0.2, -0.15) is 0 Å². The van der Waals surface area contributed by atoms with Crippen molar-refractivity contribution in [2.45, 2.75) is 13.0 Å². The molecule has 1 aromatic carbocycles. The maximum atomic E-state index is 12.6. The Morgan fingerprint density at radius 2 is 1.92 bits per heavy atom. The van der Waals surface area contributed by atoms with Gasteiger partial charge in [0.05, 0.1) is 23.2 Å². The van der Waals surface area contributed by atoms with Crippen molar-refractivity contribution in [3.8, 4) is 0 Å². The van der Waals surface area contributed by atoms with E-state index in [0.29, 0.717) is 47.5 Å². The lowest BCUT2D eigenvalue weighted by molar-refractivity contribution is 0.0929. The van der Waals surface area contributed by atoms with Crippen molar-refractivity contribution < 1.29 is 18.7 Å². The fourth-order valence-electron chi connectivity index (χ4n) is 3.41. The van der Waals surface area contributed by atoms with Crippen LogP contribution in [0.25, 0.3) is 11.0 Å². The number of hydrogen-bond donors (Lipinski definition) is 2. The van der Waals surface area contributed by atoms with Gasteiger partial charge in [-0.05, 0) is 35.0 Å². The van der Waals surface area contributed by atoms with Crippen LogP contribution in [0.1, 0.15) is 26.5 Å². The third-order valence-electron chi connectivity index (χ3n) is 4.87. The molecule has 126 valence electrons. The molecule has 1 aliphatic heterocycles. The van der Waals surface area contributed by atoms with Crippen LogP contribution in [0.3, 0.4) is 0 Å². The molecule has 3 atom stereocenters. The molecule has 1 saturated heterocycles. The van der Waals surface area contributed by atoms with Gasteiger partial charge >= 0.3 is 0 Å². The Labute approximate surface area is 147 Å². The van der Waals surface area contributed by atoms with Gasteiger partial charge in [0.2, 0.25) is 0 Å². The Hall–Kier alpha value is -1.86. The second kappa shape index (κ2) is 5.60. The Balaban J connectivity index is 1.71. The van der Waals surface area contributed by atoms with Crippen LogP contribution in [0, 0.1) is 18.8 Å². The Bertz CT molecular complexity index is 850. The topological polar surface area (TPSA) is 80.6 Å². The first-order valence-corrected chi connectivity index (χ1v) is 8.64. The zero-order chi connectivity index (χ0) is 17.0. The molecule has 1 aromatic heterocycles. The van der Waals surface area contributed by atoms with E-state index in [1.807, 2.05) is 6.92 Å². The van der Waals surface area contributed by atoms with Gasteiger partial charge in [-0.25, -0.2) is 0 Å². The summed E-state index contributed by atoms with van der Waals surface area (Å²) in [4.78, 5) is 24.8. The molecule has 4 rings (SSSR count). The largest absolute Gasteiger partial charge is 0.459 e. The van der Waals surface area contributed by atoms with Gasteiger partial charge in [0.1, 0.15) is 11.3 Å². The van der Waals surface area contributed by atoms with Gasteiger partial charge in [-0.1, -0.05) is 0 Å². The molecule has 24 heavy (non-hydrogen) atoms. The number of amides is 2. The Morgan fingerprint density at radius 3 is 2.58 bits per heavy atom. The second-order valence-electron chi connectivity index (χ2n) is 6.32. The molecule has 2 fully saturated rings. The summed E-state index contributed by atoms with van der Waals surface area (Å²) < 4.78 is 11.8. The van der Waals surface area contributed by atoms with Gasteiger partial charge in [-0.3, -0.25) is 9.59 Å². The number of rotatable bonds is 3. The van der Waals surface area contributed by atoms with Crippen LogP contribution in [-0.4, -0.2) is 38.1 Å². The molecule has 2 N–H and O–H groups in total. The summed E-state index contributed by atoms with van der Waals surface area (Å²) in [7, 11) is 1.55. The summed E-state index contributed by atoms with van der Waals surface area (Å²) in [6, 6.07) is 3.52. The minimum absolute atomic E-state index is 0.174. The number of furan rings is 1. The molecule has 6 nitrogen and oxygen atoms in total. The molecule has 2 heterocycles. The molecule has 2 aliphatic rings. The maximum Gasteiger partial charge on any atom is 0.254 e. The summed E-state index contributed by atoms with van der Waals surface area (Å²) in [5, 5.41) is 6.36. The number of fused-ring (bicyclic) bond motifs is 2. The number of nitrogens with one attached hydrogen (secondary N) is 2. The number of benzene rings is 1. The summed E-state index contributed by atoms with van der Waals surface area (Å²) in [5.41, 5.74) is 1.29. The highest BCUT2D eigenvalue weighted by molar-refractivity contribution is 9.10. The molecule has 0 spiro atoms.